The Labute approximate surface area is 206 Å². The van der Waals surface area contributed by atoms with Crippen molar-refractivity contribution < 1.29 is 19.4 Å². The fraction of sp³-hybridized carbons (Fsp3) is 0.500. The number of hydrogen-bond acceptors (Lipinski definition) is 5. The number of esters is 1. The summed E-state index contributed by atoms with van der Waals surface area (Å²) in [6.07, 6.45) is 6.61. The molecule has 1 N–H and O–H groups in total. The van der Waals surface area contributed by atoms with Gasteiger partial charge in [0.25, 0.3) is 0 Å². The molecule has 1 saturated heterocycles. The maximum absolute atomic E-state index is 13.5. The molecule has 0 radical (unpaired) electrons. The Kier molecular flexibility index (Phi) is 4.67. The van der Waals surface area contributed by atoms with Crippen LogP contribution >= 0.6 is 0 Å². The number of ether oxygens (including phenoxy) is 2. The molecule has 2 saturated carbocycles. The number of aromatic hydroxyl groups is 1. The Morgan fingerprint density at radius 2 is 2.00 bits per heavy atom. The molecule has 0 aromatic heterocycles. The molecule has 2 heterocycles. The van der Waals surface area contributed by atoms with Crippen molar-refractivity contribution >= 4 is 5.97 Å². The zero-order chi connectivity index (χ0) is 23.8. The van der Waals surface area contributed by atoms with Gasteiger partial charge < -0.3 is 14.6 Å². The lowest BCUT2D eigenvalue weighted by Crippen LogP contribution is -2.76. The zero-order valence-electron chi connectivity index (χ0n) is 20.2. The summed E-state index contributed by atoms with van der Waals surface area (Å²) in [5, 5.41) is 10.8. The molecular weight excluding hydrogens is 438 g/mol. The van der Waals surface area contributed by atoms with Gasteiger partial charge in [0.1, 0.15) is 11.7 Å². The molecule has 2 aromatic carbocycles. The molecule has 2 aromatic rings. The molecule has 1 spiro atoms. The van der Waals surface area contributed by atoms with Gasteiger partial charge in [0.15, 0.2) is 11.5 Å². The number of aryl methyl sites for hydroxylation is 1. The monoisotopic (exact) mass is 471 g/mol. The predicted octanol–water partition coefficient (Wildman–Crippen LogP) is 4.70. The number of nitrogens with zero attached hydrogens (tertiary/aromatic N) is 1. The minimum atomic E-state index is -0.661. The number of phenolic OH excluding ortho intramolecular Hbond substituents is 1. The lowest BCUT2D eigenvalue weighted by Gasteiger charge is -2.64. The summed E-state index contributed by atoms with van der Waals surface area (Å²) in [6.45, 7) is 6.45. The fourth-order valence-electron chi connectivity index (χ4n) is 7.72. The van der Waals surface area contributed by atoms with E-state index in [-0.39, 0.29) is 23.9 Å². The molecule has 0 amide bonds. The molecule has 2 unspecified atom stereocenters. The van der Waals surface area contributed by atoms with Crippen LogP contribution in [-0.2, 0) is 27.8 Å². The Balaban J connectivity index is 1.31. The Morgan fingerprint density at radius 3 is 2.80 bits per heavy atom. The highest BCUT2D eigenvalue weighted by Crippen LogP contribution is 2.67. The maximum atomic E-state index is 13.5. The molecule has 3 aliphatic carbocycles. The highest BCUT2D eigenvalue weighted by molar-refractivity contribution is 5.72. The van der Waals surface area contributed by atoms with Crippen LogP contribution in [0.2, 0.25) is 0 Å². The van der Waals surface area contributed by atoms with Crippen molar-refractivity contribution in [3.63, 3.8) is 0 Å². The molecule has 2 bridgehead atoms. The van der Waals surface area contributed by atoms with Crippen LogP contribution in [0.25, 0.3) is 0 Å². The SMILES string of the molecule is C=C1CC[C@@]2(OC(=O)CCc3ccccc3)C3Cc4ccc(O)c5c4C2(CCN3CC2CC2)[C@H]1O5. The minimum absolute atomic E-state index is 0.125. The summed E-state index contributed by atoms with van der Waals surface area (Å²) < 4.78 is 13.3. The molecule has 5 nitrogen and oxygen atoms in total. The quantitative estimate of drug-likeness (QED) is 0.489. The first-order valence-electron chi connectivity index (χ1n) is 13.2. The molecule has 5 heteroatoms. The average molecular weight is 472 g/mol. The van der Waals surface area contributed by atoms with E-state index < -0.39 is 11.0 Å². The Bertz CT molecular complexity index is 1200. The largest absolute Gasteiger partial charge is 0.504 e. The highest BCUT2D eigenvalue weighted by atomic mass is 16.6. The van der Waals surface area contributed by atoms with Gasteiger partial charge in [0, 0.05) is 18.5 Å². The van der Waals surface area contributed by atoms with Gasteiger partial charge in [-0.2, -0.15) is 0 Å². The van der Waals surface area contributed by atoms with Gasteiger partial charge in [-0.3, -0.25) is 9.69 Å². The lowest BCUT2D eigenvalue weighted by molar-refractivity contribution is -0.211. The number of carbonyl (C=O) groups excluding carboxylic acids is 1. The van der Waals surface area contributed by atoms with E-state index >= 15 is 0 Å². The molecule has 182 valence electrons. The second-order valence-corrected chi connectivity index (χ2v) is 11.3. The maximum Gasteiger partial charge on any atom is 0.306 e. The smallest absolute Gasteiger partial charge is 0.306 e. The summed E-state index contributed by atoms with van der Waals surface area (Å²) in [5.74, 6) is 1.41. The van der Waals surface area contributed by atoms with E-state index in [2.05, 4.69) is 29.7 Å². The minimum Gasteiger partial charge on any atom is -0.504 e. The highest BCUT2D eigenvalue weighted by Gasteiger charge is 2.74. The van der Waals surface area contributed by atoms with Crippen LogP contribution in [0.3, 0.4) is 0 Å². The van der Waals surface area contributed by atoms with Gasteiger partial charge >= 0.3 is 5.97 Å². The Hall–Kier alpha value is -2.79. The van der Waals surface area contributed by atoms with Crippen LogP contribution in [0, 0.1) is 5.92 Å². The molecule has 7 rings (SSSR count). The number of benzene rings is 2. The van der Waals surface area contributed by atoms with E-state index in [4.69, 9.17) is 9.47 Å². The van der Waals surface area contributed by atoms with E-state index in [1.807, 2.05) is 18.2 Å². The zero-order valence-corrected chi connectivity index (χ0v) is 20.2. The molecule has 5 aliphatic rings. The third-order valence-electron chi connectivity index (χ3n) is 9.43. The topological polar surface area (TPSA) is 59.0 Å². The van der Waals surface area contributed by atoms with Gasteiger partial charge in [0.05, 0.1) is 11.5 Å². The van der Waals surface area contributed by atoms with Crippen molar-refractivity contribution in [2.45, 2.75) is 74.5 Å². The van der Waals surface area contributed by atoms with Crippen LogP contribution in [0.5, 0.6) is 11.5 Å². The van der Waals surface area contributed by atoms with Gasteiger partial charge in [-0.05, 0) is 80.2 Å². The molecule has 2 aliphatic heterocycles. The van der Waals surface area contributed by atoms with Gasteiger partial charge in [0.2, 0.25) is 0 Å². The molecule has 4 atom stereocenters. The van der Waals surface area contributed by atoms with Gasteiger partial charge in [-0.15, -0.1) is 0 Å². The Morgan fingerprint density at radius 1 is 1.17 bits per heavy atom. The van der Waals surface area contributed by atoms with Crippen LogP contribution in [-0.4, -0.2) is 46.8 Å². The number of piperidine rings is 1. The van der Waals surface area contributed by atoms with Crippen molar-refractivity contribution in [3.8, 4) is 11.5 Å². The summed E-state index contributed by atoms with van der Waals surface area (Å²) in [7, 11) is 0. The van der Waals surface area contributed by atoms with Crippen molar-refractivity contribution in [1.82, 2.24) is 4.90 Å². The van der Waals surface area contributed by atoms with E-state index in [1.54, 1.807) is 6.07 Å². The first-order valence-corrected chi connectivity index (χ1v) is 13.2. The fourth-order valence-corrected chi connectivity index (χ4v) is 7.72. The summed E-state index contributed by atoms with van der Waals surface area (Å²) in [5.41, 5.74) is 3.39. The van der Waals surface area contributed by atoms with Crippen LogP contribution in [0.4, 0.5) is 0 Å². The summed E-state index contributed by atoms with van der Waals surface area (Å²) in [6, 6.07) is 14.1. The lowest BCUT2D eigenvalue weighted by atomic mass is 9.48. The second kappa shape index (κ2) is 7.60. The second-order valence-electron chi connectivity index (χ2n) is 11.3. The molecule has 3 fully saturated rings. The number of likely N-dealkylation sites (tertiary alicyclic amines) is 1. The van der Waals surface area contributed by atoms with E-state index in [1.165, 1.54) is 18.4 Å². The number of carbonyl (C=O) groups is 1. The standard InChI is InChI=1S/C30H33NO4/c1-19-13-14-30(35-25(33)12-9-20-5-3-2-4-6-20)24-17-22-10-11-23(32)27-26(22)29(30,28(19)34-27)15-16-31(24)18-21-7-8-21/h2-6,10-11,21,24,28,32H,1,7-9,12-18H2/t24?,28-,29?,30+/m0/s1. The number of phenols is 1. The van der Waals surface area contributed by atoms with E-state index in [9.17, 15) is 9.90 Å². The van der Waals surface area contributed by atoms with Crippen LogP contribution in [0.15, 0.2) is 54.6 Å². The molecule has 35 heavy (non-hydrogen) atoms. The van der Waals surface area contributed by atoms with Gasteiger partial charge in [-0.1, -0.05) is 43.0 Å². The van der Waals surface area contributed by atoms with Crippen LogP contribution in [0.1, 0.15) is 55.2 Å². The van der Waals surface area contributed by atoms with Crippen molar-refractivity contribution in [1.29, 1.82) is 0 Å². The summed E-state index contributed by atoms with van der Waals surface area (Å²) >= 11 is 0. The van der Waals surface area contributed by atoms with Crippen molar-refractivity contribution in [3.05, 3.63) is 71.3 Å². The van der Waals surface area contributed by atoms with Crippen molar-refractivity contribution in [2.24, 2.45) is 5.92 Å². The van der Waals surface area contributed by atoms with E-state index in [0.717, 1.165) is 61.4 Å². The summed E-state index contributed by atoms with van der Waals surface area (Å²) in [4.78, 5) is 16.2. The first kappa shape index (κ1) is 21.5. The normalized spacial score (nSPS) is 32.6. The van der Waals surface area contributed by atoms with Crippen molar-refractivity contribution in [2.75, 3.05) is 13.1 Å². The third kappa shape index (κ3) is 3.00. The first-order chi connectivity index (χ1) is 17.0. The van der Waals surface area contributed by atoms with E-state index in [0.29, 0.717) is 18.6 Å². The third-order valence-corrected chi connectivity index (χ3v) is 9.43. The number of rotatable bonds is 6. The van der Waals surface area contributed by atoms with Gasteiger partial charge in [-0.25, -0.2) is 0 Å². The molecular formula is C30H33NO4. The average Bonchev–Trinajstić information content (AvgIpc) is 3.60. The predicted molar refractivity (Wildman–Crippen MR) is 133 cm³/mol. The number of hydrogen-bond donors (Lipinski definition) is 1. The van der Waals surface area contributed by atoms with Crippen LogP contribution < -0.4 is 4.74 Å².